The van der Waals surface area contributed by atoms with Crippen LogP contribution in [0, 0.1) is 16.0 Å². The van der Waals surface area contributed by atoms with Gasteiger partial charge in [0, 0.05) is 38.2 Å². The Morgan fingerprint density at radius 3 is 2.38 bits per heavy atom. The fourth-order valence-electron chi connectivity index (χ4n) is 2.68. The first-order valence-electron chi connectivity index (χ1n) is 7.53. The fraction of sp³-hybridized carbons (Fsp3) is 0.500. The number of carbonyl (C=O) groups is 1. The van der Waals surface area contributed by atoms with Crippen molar-refractivity contribution in [1.29, 1.82) is 0 Å². The van der Waals surface area contributed by atoms with Crippen LogP contribution in [0.1, 0.15) is 12.8 Å². The van der Waals surface area contributed by atoms with E-state index in [1.54, 1.807) is 4.90 Å². The molecular formula is C14H16ClN3O5S. The lowest BCUT2D eigenvalue weighted by atomic mass is 10.3. The van der Waals surface area contributed by atoms with Crippen molar-refractivity contribution >= 4 is 33.2 Å². The van der Waals surface area contributed by atoms with Crippen molar-refractivity contribution < 1.29 is 18.1 Å². The first-order chi connectivity index (χ1) is 11.3. The molecule has 0 spiro atoms. The molecule has 3 rings (SSSR count). The molecule has 130 valence electrons. The second-order valence-corrected chi connectivity index (χ2v) is 8.22. The van der Waals surface area contributed by atoms with Crippen molar-refractivity contribution in [2.24, 2.45) is 5.92 Å². The van der Waals surface area contributed by atoms with E-state index in [0.29, 0.717) is 13.1 Å². The van der Waals surface area contributed by atoms with Crippen molar-refractivity contribution in [2.75, 3.05) is 26.2 Å². The van der Waals surface area contributed by atoms with Gasteiger partial charge >= 0.3 is 0 Å². The lowest BCUT2D eigenvalue weighted by Crippen LogP contribution is -2.50. The Hall–Kier alpha value is -1.71. The van der Waals surface area contributed by atoms with Gasteiger partial charge in [0.1, 0.15) is 5.02 Å². The van der Waals surface area contributed by atoms with E-state index in [1.807, 2.05) is 0 Å². The van der Waals surface area contributed by atoms with Crippen molar-refractivity contribution in [2.45, 2.75) is 17.7 Å². The highest BCUT2D eigenvalue weighted by Gasteiger charge is 2.37. The third kappa shape index (κ3) is 3.24. The third-order valence-corrected chi connectivity index (χ3v) is 6.44. The summed E-state index contributed by atoms with van der Waals surface area (Å²) in [4.78, 5) is 23.8. The Kier molecular flexibility index (Phi) is 4.50. The van der Waals surface area contributed by atoms with Crippen LogP contribution < -0.4 is 0 Å². The Morgan fingerprint density at radius 1 is 1.21 bits per heavy atom. The zero-order chi connectivity index (χ0) is 17.5. The number of nitro groups is 1. The summed E-state index contributed by atoms with van der Waals surface area (Å²) < 4.78 is 26.6. The summed E-state index contributed by atoms with van der Waals surface area (Å²) >= 11 is 5.72. The number of sulfonamides is 1. The number of hydrogen-bond acceptors (Lipinski definition) is 5. The molecule has 10 heteroatoms. The van der Waals surface area contributed by atoms with Crippen LogP contribution in [-0.2, 0) is 14.8 Å². The van der Waals surface area contributed by atoms with E-state index >= 15 is 0 Å². The average molecular weight is 374 g/mol. The van der Waals surface area contributed by atoms with E-state index in [1.165, 1.54) is 16.4 Å². The van der Waals surface area contributed by atoms with Crippen LogP contribution >= 0.6 is 11.6 Å². The molecule has 2 aliphatic rings. The van der Waals surface area contributed by atoms with Gasteiger partial charge in [0.05, 0.1) is 9.82 Å². The van der Waals surface area contributed by atoms with Gasteiger partial charge < -0.3 is 4.90 Å². The van der Waals surface area contributed by atoms with E-state index in [9.17, 15) is 23.3 Å². The minimum absolute atomic E-state index is 0.0918. The zero-order valence-corrected chi connectivity index (χ0v) is 14.3. The molecule has 1 heterocycles. The van der Waals surface area contributed by atoms with Crippen molar-refractivity contribution in [3.05, 3.63) is 33.3 Å². The number of nitrogens with zero attached hydrogens (tertiary/aromatic N) is 3. The minimum Gasteiger partial charge on any atom is -0.340 e. The second-order valence-electron chi connectivity index (χ2n) is 5.87. The van der Waals surface area contributed by atoms with E-state index in [2.05, 4.69) is 0 Å². The summed E-state index contributed by atoms with van der Waals surface area (Å²) in [5.41, 5.74) is -0.444. The Bertz CT molecular complexity index is 786. The van der Waals surface area contributed by atoms with Crippen LogP contribution in [0.25, 0.3) is 0 Å². The number of nitro benzene ring substituents is 1. The lowest BCUT2D eigenvalue weighted by molar-refractivity contribution is -0.384. The van der Waals surface area contributed by atoms with Gasteiger partial charge in [-0.2, -0.15) is 4.31 Å². The average Bonchev–Trinajstić information content (AvgIpc) is 3.39. The quantitative estimate of drug-likeness (QED) is 0.588. The van der Waals surface area contributed by atoms with Crippen LogP contribution in [0.4, 0.5) is 5.69 Å². The van der Waals surface area contributed by atoms with Crippen molar-refractivity contribution in [1.82, 2.24) is 9.21 Å². The maximum atomic E-state index is 12.7. The SMILES string of the molecule is O=C(C1CC1)N1CCN(S(=O)(=O)c2ccc(Cl)c([N+](=O)[O-])c2)CC1. The highest BCUT2D eigenvalue weighted by Crippen LogP contribution is 2.32. The van der Waals surface area contributed by atoms with Gasteiger partial charge in [-0.05, 0) is 25.0 Å². The molecule has 0 unspecified atom stereocenters. The number of hydrogen-bond donors (Lipinski definition) is 0. The molecule has 0 atom stereocenters. The summed E-state index contributed by atoms with van der Waals surface area (Å²) in [6.45, 7) is 1.03. The highest BCUT2D eigenvalue weighted by molar-refractivity contribution is 7.89. The van der Waals surface area contributed by atoms with Crippen LogP contribution in [-0.4, -0.2) is 54.6 Å². The number of piperazine rings is 1. The highest BCUT2D eigenvalue weighted by atomic mass is 35.5. The Labute approximate surface area is 144 Å². The second kappa shape index (κ2) is 6.30. The molecule has 1 aromatic carbocycles. The van der Waals surface area contributed by atoms with E-state index in [0.717, 1.165) is 18.9 Å². The predicted molar refractivity (Wildman–Crippen MR) is 86.2 cm³/mol. The van der Waals surface area contributed by atoms with Gasteiger partial charge in [0.15, 0.2) is 0 Å². The summed E-state index contributed by atoms with van der Waals surface area (Å²) in [6.07, 6.45) is 1.82. The number of benzene rings is 1. The molecule has 24 heavy (non-hydrogen) atoms. The summed E-state index contributed by atoms with van der Waals surface area (Å²) in [7, 11) is -3.86. The maximum absolute atomic E-state index is 12.7. The fourth-order valence-corrected chi connectivity index (χ4v) is 4.31. The topological polar surface area (TPSA) is 101 Å². The zero-order valence-electron chi connectivity index (χ0n) is 12.7. The van der Waals surface area contributed by atoms with Gasteiger partial charge in [-0.3, -0.25) is 14.9 Å². The monoisotopic (exact) mass is 373 g/mol. The normalized spacial score (nSPS) is 19.3. The smallest absolute Gasteiger partial charge is 0.289 e. The van der Waals surface area contributed by atoms with Gasteiger partial charge in [-0.1, -0.05) is 11.6 Å². The molecule has 2 fully saturated rings. The van der Waals surface area contributed by atoms with Crippen molar-refractivity contribution in [3.8, 4) is 0 Å². The molecule has 1 saturated carbocycles. The number of amides is 1. The van der Waals surface area contributed by atoms with Gasteiger partial charge in [-0.15, -0.1) is 0 Å². The predicted octanol–water partition coefficient (Wildman–Crippen LogP) is 1.49. The summed E-state index contributed by atoms with van der Waals surface area (Å²) in [5.74, 6) is 0.196. The van der Waals surface area contributed by atoms with Crippen LogP contribution in [0.5, 0.6) is 0 Å². The van der Waals surface area contributed by atoms with Gasteiger partial charge in [0.2, 0.25) is 15.9 Å². The summed E-state index contributed by atoms with van der Waals surface area (Å²) in [5, 5.41) is 10.8. The molecule has 1 saturated heterocycles. The molecule has 0 N–H and O–H groups in total. The molecule has 1 aromatic rings. The first kappa shape index (κ1) is 17.1. The van der Waals surface area contributed by atoms with Crippen LogP contribution in [0.2, 0.25) is 5.02 Å². The summed E-state index contributed by atoms with van der Waals surface area (Å²) in [6, 6.07) is 3.44. The molecular weight excluding hydrogens is 358 g/mol. The number of halogens is 1. The molecule has 1 aliphatic carbocycles. The maximum Gasteiger partial charge on any atom is 0.289 e. The van der Waals surface area contributed by atoms with Gasteiger partial charge in [-0.25, -0.2) is 8.42 Å². The van der Waals surface area contributed by atoms with E-state index < -0.39 is 20.6 Å². The van der Waals surface area contributed by atoms with Gasteiger partial charge in [0.25, 0.3) is 5.69 Å². The molecule has 8 nitrogen and oxygen atoms in total. The minimum atomic E-state index is -3.86. The number of rotatable bonds is 4. The van der Waals surface area contributed by atoms with Crippen LogP contribution in [0.3, 0.4) is 0 Å². The Balaban J connectivity index is 1.75. The molecule has 0 aromatic heterocycles. The van der Waals surface area contributed by atoms with E-state index in [-0.39, 0.29) is 34.8 Å². The first-order valence-corrected chi connectivity index (χ1v) is 9.35. The molecule has 1 amide bonds. The van der Waals surface area contributed by atoms with Crippen molar-refractivity contribution in [3.63, 3.8) is 0 Å². The number of carbonyl (C=O) groups excluding carboxylic acids is 1. The third-order valence-electron chi connectivity index (χ3n) is 4.23. The molecule has 0 bridgehead atoms. The standard InChI is InChI=1S/C14H16ClN3O5S/c15-12-4-3-11(9-13(12)18(20)21)24(22,23)17-7-5-16(6-8-17)14(19)10-1-2-10/h3-4,9-10H,1-2,5-8H2. The molecule has 0 radical (unpaired) electrons. The lowest BCUT2D eigenvalue weighted by Gasteiger charge is -2.34. The largest absolute Gasteiger partial charge is 0.340 e. The molecule has 1 aliphatic heterocycles. The Morgan fingerprint density at radius 2 is 1.83 bits per heavy atom. The van der Waals surface area contributed by atoms with Crippen LogP contribution in [0.15, 0.2) is 23.1 Å². The van der Waals surface area contributed by atoms with E-state index in [4.69, 9.17) is 11.6 Å².